The Morgan fingerprint density at radius 1 is 1.36 bits per heavy atom. The van der Waals surface area contributed by atoms with Crippen LogP contribution in [-0.2, 0) is 0 Å². The lowest BCUT2D eigenvalue weighted by atomic mass is 10.3. The molecule has 0 aliphatic heterocycles. The molecule has 0 saturated heterocycles. The van der Waals surface area contributed by atoms with Crippen molar-refractivity contribution in [3.8, 4) is 5.75 Å². The highest BCUT2D eigenvalue weighted by Gasteiger charge is 1.94. The van der Waals surface area contributed by atoms with Gasteiger partial charge in [-0.3, -0.25) is 5.84 Å². The molecule has 0 atom stereocenters. The van der Waals surface area contributed by atoms with E-state index in [9.17, 15) is 0 Å². The second-order valence-corrected chi connectivity index (χ2v) is 2.76. The summed E-state index contributed by atoms with van der Waals surface area (Å²) in [6.45, 7) is 0. The monoisotopic (exact) mass is 238 g/mol. The number of rotatable bonds is 1. The Bertz CT molecular complexity index is 224. The summed E-state index contributed by atoms with van der Waals surface area (Å²) in [5.41, 5.74) is 3.09. The van der Waals surface area contributed by atoms with E-state index in [4.69, 9.17) is 10.9 Å². The second-order valence-electron chi connectivity index (χ2n) is 1.84. The van der Waals surface area contributed by atoms with Crippen molar-refractivity contribution in [3.05, 3.63) is 22.7 Å². The number of hydrazine groups is 1. The van der Waals surface area contributed by atoms with E-state index in [-0.39, 0.29) is 18.2 Å². The highest BCUT2D eigenvalue weighted by molar-refractivity contribution is 9.10. The molecule has 0 aliphatic rings. The minimum Gasteiger partial charge on any atom is -0.508 e. The Hall–Kier alpha value is -0.450. The van der Waals surface area contributed by atoms with Crippen molar-refractivity contribution in [2.45, 2.75) is 0 Å². The van der Waals surface area contributed by atoms with Gasteiger partial charge in [-0.1, -0.05) is 15.9 Å². The number of nitrogen functional groups attached to an aromatic ring is 1. The number of phenolic OH excluding ortho intramolecular Hbond substituents is 1. The third-order valence-corrected chi connectivity index (χ3v) is 1.51. The third kappa shape index (κ3) is 2.96. The fourth-order valence-corrected chi connectivity index (χ4v) is 1.14. The SMILES string of the molecule is Cl.NNc1cc(O)cc(Br)c1. The number of nitrogens with two attached hydrogens (primary N) is 1. The first kappa shape index (κ1) is 10.6. The highest BCUT2D eigenvalue weighted by atomic mass is 79.9. The molecule has 0 saturated carbocycles. The number of nitrogens with one attached hydrogen (secondary N) is 1. The molecule has 0 aliphatic carbocycles. The topological polar surface area (TPSA) is 58.3 Å². The van der Waals surface area contributed by atoms with Crippen molar-refractivity contribution in [1.29, 1.82) is 0 Å². The van der Waals surface area contributed by atoms with Crippen molar-refractivity contribution in [2.75, 3.05) is 5.43 Å². The molecule has 4 N–H and O–H groups in total. The van der Waals surface area contributed by atoms with Crippen LogP contribution in [-0.4, -0.2) is 5.11 Å². The molecule has 0 unspecified atom stereocenters. The van der Waals surface area contributed by atoms with E-state index in [1.165, 1.54) is 6.07 Å². The van der Waals surface area contributed by atoms with Crippen LogP contribution in [0.2, 0.25) is 0 Å². The van der Waals surface area contributed by atoms with E-state index >= 15 is 0 Å². The van der Waals surface area contributed by atoms with Crippen molar-refractivity contribution < 1.29 is 5.11 Å². The van der Waals surface area contributed by atoms with Crippen molar-refractivity contribution in [1.82, 2.24) is 0 Å². The lowest BCUT2D eigenvalue weighted by molar-refractivity contribution is 0.475. The average molecular weight is 239 g/mol. The number of hydrogen-bond acceptors (Lipinski definition) is 3. The van der Waals surface area contributed by atoms with Crippen LogP contribution in [0.4, 0.5) is 5.69 Å². The zero-order valence-electron chi connectivity index (χ0n) is 5.54. The van der Waals surface area contributed by atoms with E-state index in [0.29, 0.717) is 5.69 Å². The molecule has 11 heavy (non-hydrogen) atoms. The molecule has 0 bridgehead atoms. The zero-order valence-corrected chi connectivity index (χ0v) is 7.95. The van der Waals surface area contributed by atoms with Gasteiger partial charge in [-0.2, -0.15) is 0 Å². The predicted octanol–water partition coefficient (Wildman–Crippen LogP) is 1.86. The molecule has 1 rings (SSSR count). The summed E-state index contributed by atoms with van der Waals surface area (Å²) in [7, 11) is 0. The number of benzene rings is 1. The van der Waals surface area contributed by atoms with Gasteiger partial charge in [0.2, 0.25) is 0 Å². The molecule has 1 aromatic carbocycles. The molecule has 0 radical (unpaired) electrons. The quantitative estimate of drug-likeness (QED) is 0.518. The van der Waals surface area contributed by atoms with Gasteiger partial charge in [-0.25, -0.2) is 0 Å². The van der Waals surface area contributed by atoms with Gasteiger partial charge in [0.1, 0.15) is 5.75 Å². The lowest BCUT2D eigenvalue weighted by Crippen LogP contribution is -2.06. The Morgan fingerprint density at radius 2 is 2.00 bits per heavy atom. The first-order valence-corrected chi connectivity index (χ1v) is 3.48. The molecule has 0 heterocycles. The molecule has 0 aromatic heterocycles. The standard InChI is InChI=1S/C6H7BrN2O.ClH/c7-4-1-5(9-8)3-6(10)2-4;/h1-3,9-10H,8H2;1H. The molecular formula is C6H8BrClN2O. The zero-order chi connectivity index (χ0) is 7.56. The van der Waals surface area contributed by atoms with Gasteiger partial charge in [-0.15, -0.1) is 12.4 Å². The summed E-state index contributed by atoms with van der Waals surface area (Å²) >= 11 is 3.20. The summed E-state index contributed by atoms with van der Waals surface area (Å²) in [4.78, 5) is 0. The number of aromatic hydroxyl groups is 1. The van der Waals surface area contributed by atoms with Crippen LogP contribution >= 0.6 is 28.3 Å². The maximum Gasteiger partial charge on any atom is 0.118 e. The maximum atomic E-state index is 9.00. The number of halogens is 2. The van der Waals surface area contributed by atoms with Gasteiger partial charge < -0.3 is 10.5 Å². The van der Waals surface area contributed by atoms with E-state index in [1.54, 1.807) is 12.1 Å². The minimum absolute atomic E-state index is 0. The van der Waals surface area contributed by atoms with Gasteiger partial charge in [0.05, 0.1) is 5.69 Å². The van der Waals surface area contributed by atoms with E-state index in [2.05, 4.69) is 21.4 Å². The minimum atomic E-state index is 0. The van der Waals surface area contributed by atoms with Crippen LogP contribution in [0.5, 0.6) is 5.75 Å². The van der Waals surface area contributed by atoms with E-state index in [0.717, 1.165) is 4.47 Å². The highest BCUT2D eigenvalue weighted by Crippen LogP contribution is 2.22. The average Bonchev–Trinajstić information content (AvgIpc) is 1.85. The molecular weight excluding hydrogens is 231 g/mol. The van der Waals surface area contributed by atoms with Gasteiger partial charge >= 0.3 is 0 Å². The van der Waals surface area contributed by atoms with Gasteiger partial charge in [0.25, 0.3) is 0 Å². The molecule has 5 heteroatoms. The van der Waals surface area contributed by atoms with Crippen LogP contribution in [0.3, 0.4) is 0 Å². The second kappa shape index (κ2) is 4.43. The van der Waals surface area contributed by atoms with Gasteiger partial charge in [0.15, 0.2) is 0 Å². The fourth-order valence-electron chi connectivity index (χ4n) is 0.657. The molecule has 0 amide bonds. The summed E-state index contributed by atoms with van der Waals surface area (Å²) in [5, 5.41) is 9.00. The predicted molar refractivity (Wildman–Crippen MR) is 50.9 cm³/mol. The van der Waals surface area contributed by atoms with Gasteiger partial charge in [0, 0.05) is 10.5 Å². The smallest absolute Gasteiger partial charge is 0.118 e. The molecule has 0 spiro atoms. The molecule has 0 fully saturated rings. The Morgan fingerprint density at radius 3 is 2.45 bits per heavy atom. The Labute approximate surface area is 79.1 Å². The van der Waals surface area contributed by atoms with Crippen molar-refractivity contribution in [2.24, 2.45) is 5.84 Å². The molecule has 3 nitrogen and oxygen atoms in total. The summed E-state index contributed by atoms with van der Waals surface area (Å²) < 4.78 is 0.792. The maximum absolute atomic E-state index is 9.00. The van der Waals surface area contributed by atoms with Crippen molar-refractivity contribution >= 4 is 34.0 Å². The largest absolute Gasteiger partial charge is 0.508 e. The molecule has 1 aromatic rings. The normalized spacial score (nSPS) is 8.55. The first-order chi connectivity index (χ1) is 4.72. The lowest BCUT2D eigenvalue weighted by Gasteiger charge is -2.00. The van der Waals surface area contributed by atoms with Crippen LogP contribution in [0, 0.1) is 0 Å². The van der Waals surface area contributed by atoms with Crippen molar-refractivity contribution in [3.63, 3.8) is 0 Å². The summed E-state index contributed by atoms with van der Waals surface area (Å²) in [5.74, 6) is 5.29. The van der Waals surface area contributed by atoms with Crippen LogP contribution < -0.4 is 11.3 Å². The fraction of sp³-hybridized carbons (Fsp3) is 0. The first-order valence-electron chi connectivity index (χ1n) is 2.68. The Kier molecular flexibility index (Phi) is 4.25. The third-order valence-electron chi connectivity index (χ3n) is 1.05. The Balaban J connectivity index is 0.000001000. The molecule has 62 valence electrons. The van der Waals surface area contributed by atoms with Crippen LogP contribution in [0.1, 0.15) is 0 Å². The summed E-state index contributed by atoms with van der Waals surface area (Å²) in [6.07, 6.45) is 0. The number of phenols is 1. The van der Waals surface area contributed by atoms with E-state index < -0.39 is 0 Å². The number of anilines is 1. The van der Waals surface area contributed by atoms with E-state index in [1.807, 2.05) is 0 Å². The summed E-state index contributed by atoms with van der Waals surface area (Å²) in [6, 6.07) is 4.88. The van der Waals surface area contributed by atoms with Gasteiger partial charge in [-0.05, 0) is 12.1 Å². The number of hydrogen-bond donors (Lipinski definition) is 3. The van der Waals surface area contributed by atoms with Crippen LogP contribution in [0.25, 0.3) is 0 Å². The van der Waals surface area contributed by atoms with Crippen LogP contribution in [0.15, 0.2) is 22.7 Å².